The molecule has 0 fully saturated rings. The fraction of sp³-hybridized carbons (Fsp3) is 0.273. The summed E-state index contributed by atoms with van der Waals surface area (Å²) in [6.45, 7) is 1.52. The van der Waals surface area contributed by atoms with E-state index in [2.05, 4.69) is 10.3 Å². The summed E-state index contributed by atoms with van der Waals surface area (Å²) in [7, 11) is 0. The molecular formula is C11H12ClFN2O. The van der Waals surface area contributed by atoms with Crippen molar-refractivity contribution in [2.45, 2.75) is 13.5 Å². The van der Waals surface area contributed by atoms with Gasteiger partial charge in [0.05, 0.1) is 0 Å². The van der Waals surface area contributed by atoms with Gasteiger partial charge in [-0.05, 0) is 24.6 Å². The molecule has 0 atom stereocenters. The molecule has 0 unspecified atom stereocenters. The molecule has 1 aromatic rings. The van der Waals surface area contributed by atoms with E-state index < -0.39 is 6.67 Å². The van der Waals surface area contributed by atoms with E-state index in [1.54, 1.807) is 12.1 Å². The Morgan fingerprint density at radius 1 is 1.62 bits per heavy atom. The van der Waals surface area contributed by atoms with Gasteiger partial charge in [-0.1, -0.05) is 17.7 Å². The average Bonchev–Trinajstić information content (AvgIpc) is 2.25. The molecule has 1 heterocycles. The first-order valence-electron chi connectivity index (χ1n) is 4.76. The Labute approximate surface area is 98.3 Å². The van der Waals surface area contributed by atoms with E-state index in [0.29, 0.717) is 11.7 Å². The van der Waals surface area contributed by atoms with Crippen LogP contribution in [0.25, 0.3) is 0 Å². The number of nitrogens with one attached hydrogen (secondary N) is 1. The first-order chi connectivity index (χ1) is 7.63. The molecule has 1 aromatic heterocycles. The Balaban J connectivity index is 2.55. The van der Waals surface area contributed by atoms with Gasteiger partial charge >= 0.3 is 0 Å². The van der Waals surface area contributed by atoms with Crippen molar-refractivity contribution >= 4 is 17.5 Å². The second kappa shape index (κ2) is 6.23. The van der Waals surface area contributed by atoms with Crippen molar-refractivity contribution in [3.05, 3.63) is 40.7 Å². The van der Waals surface area contributed by atoms with Gasteiger partial charge in [-0.15, -0.1) is 0 Å². The van der Waals surface area contributed by atoms with E-state index in [4.69, 9.17) is 11.6 Å². The van der Waals surface area contributed by atoms with Gasteiger partial charge in [-0.25, -0.2) is 9.37 Å². The average molecular weight is 243 g/mol. The van der Waals surface area contributed by atoms with Gasteiger partial charge < -0.3 is 5.32 Å². The van der Waals surface area contributed by atoms with Crippen LogP contribution in [0.4, 0.5) is 4.39 Å². The molecule has 0 aliphatic heterocycles. The highest BCUT2D eigenvalue weighted by atomic mass is 35.5. The van der Waals surface area contributed by atoms with Crippen molar-refractivity contribution in [2.75, 3.05) is 6.67 Å². The number of aryl methyl sites for hydroxylation is 1. The molecule has 0 saturated heterocycles. The van der Waals surface area contributed by atoms with E-state index in [1.165, 1.54) is 6.08 Å². The molecule has 1 N–H and O–H groups in total. The van der Waals surface area contributed by atoms with Crippen LogP contribution < -0.4 is 5.32 Å². The number of rotatable bonds is 4. The lowest BCUT2D eigenvalue weighted by Crippen LogP contribution is -2.21. The van der Waals surface area contributed by atoms with Gasteiger partial charge in [0.2, 0.25) is 5.91 Å². The van der Waals surface area contributed by atoms with Gasteiger partial charge in [0.15, 0.2) is 0 Å². The molecule has 0 aliphatic rings. The van der Waals surface area contributed by atoms with Gasteiger partial charge in [-0.3, -0.25) is 4.79 Å². The lowest BCUT2D eigenvalue weighted by atomic mass is 10.2. The third-order valence-electron chi connectivity index (χ3n) is 1.97. The molecule has 0 aliphatic carbocycles. The first-order valence-corrected chi connectivity index (χ1v) is 5.13. The highest BCUT2D eigenvalue weighted by Crippen LogP contribution is 2.10. The summed E-state index contributed by atoms with van der Waals surface area (Å²) >= 11 is 5.70. The lowest BCUT2D eigenvalue weighted by molar-refractivity contribution is -0.116. The maximum atomic E-state index is 11.7. The first kappa shape index (κ1) is 12.6. The SMILES string of the molecule is Cc1nc(Cl)ccc1CNC(=O)/C=C/CF. The van der Waals surface area contributed by atoms with E-state index in [1.807, 2.05) is 6.92 Å². The Morgan fingerprint density at radius 2 is 2.38 bits per heavy atom. The Bertz CT molecular complexity index is 407. The predicted octanol–water partition coefficient (Wildman–Crippen LogP) is 2.19. The molecule has 16 heavy (non-hydrogen) atoms. The van der Waals surface area contributed by atoms with E-state index in [0.717, 1.165) is 17.3 Å². The van der Waals surface area contributed by atoms with Crippen LogP contribution in [0.3, 0.4) is 0 Å². The van der Waals surface area contributed by atoms with Gasteiger partial charge in [0.1, 0.15) is 11.8 Å². The van der Waals surface area contributed by atoms with Crippen LogP contribution in [0.15, 0.2) is 24.3 Å². The largest absolute Gasteiger partial charge is 0.348 e. The topological polar surface area (TPSA) is 42.0 Å². The zero-order valence-corrected chi connectivity index (χ0v) is 9.59. The smallest absolute Gasteiger partial charge is 0.244 e. The summed E-state index contributed by atoms with van der Waals surface area (Å²) in [5.74, 6) is -0.327. The number of alkyl halides is 1. The zero-order valence-electron chi connectivity index (χ0n) is 8.84. The van der Waals surface area contributed by atoms with E-state index in [9.17, 15) is 9.18 Å². The maximum absolute atomic E-state index is 11.7. The molecule has 0 saturated carbocycles. The monoisotopic (exact) mass is 242 g/mol. The van der Waals surface area contributed by atoms with Crippen LogP contribution in [0.1, 0.15) is 11.3 Å². The van der Waals surface area contributed by atoms with Crippen molar-refractivity contribution in [1.82, 2.24) is 10.3 Å². The summed E-state index contributed by atoms with van der Waals surface area (Å²) < 4.78 is 11.7. The molecular weight excluding hydrogens is 231 g/mol. The van der Waals surface area contributed by atoms with Gasteiger partial charge in [-0.2, -0.15) is 0 Å². The van der Waals surface area contributed by atoms with Crippen molar-refractivity contribution in [1.29, 1.82) is 0 Å². The van der Waals surface area contributed by atoms with Crippen LogP contribution in [0.5, 0.6) is 0 Å². The number of amides is 1. The minimum Gasteiger partial charge on any atom is -0.348 e. The third kappa shape index (κ3) is 3.98. The number of hydrogen-bond acceptors (Lipinski definition) is 2. The number of nitrogens with zero attached hydrogens (tertiary/aromatic N) is 1. The Hall–Kier alpha value is -1.42. The number of carbonyl (C=O) groups excluding carboxylic acids is 1. The summed E-state index contributed by atoms with van der Waals surface area (Å²) in [4.78, 5) is 15.2. The molecule has 3 nitrogen and oxygen atoms in total. The fourth-order valence-corrected chi connectivity index (χ4v) is 1.33. The van der Waals surface area contributed by atoms with Gasteiger partial charge in [0, 0.05) is 18.3 Å². The normalized spacial score (nSPS) is 10.7. The summed E-state index contributed by atoms with van der Waals surface area (Å²) in [5.41, 5.74) is 1.65. The van der Waals surface area contributed by atoms with Gasteiger partial charge in [0.25, 0.3) is 0 Å². The Kier molecular flexibility index (Phi) is 4.92. The second-order valence-electron chi connectivity index (χ2n) is 3.15. The molecule has 0 radical (unpaired) electrons. The number of halogens is 2. The summed E-state index contributed by atoms with van der Waals surface area (Å²) in [6.07, 6.45) is 2.32. The van der Waals surface area contributed by atoms with Crippen LogP contribution in [-0.4, -0.2) is 17.6 Å². The van der Waals surface area contributed by atoms with E-state index in [-0.39, 0.29) is 5.91 Å². The fourth-order valence-electron chi connectivity index (χ4n) is 1.14. The number of allylic oxidation sites excluding steroid dienone is 1. The predicted molar refractivity (Wildman–Crippen MR) is 60.9 cm³/mol. The van der Waals surface area contributed by atoms with Crippen LogP contribution >= 0.6 is 11.6 Å². The molecule has 86 valence electrons. The number of pyridine rings is 1. The van der Waals surface area contributed by atoms with Crippen molar-refractivity contribution in [3.63, 3.8) is 0 Å². The highest BCUT2D eigenvalue weighted by Gasteiger charge is 2.01. The quantitative estimate of drug-likeness (QED) is 0.650. The van der Waals surface area contributed by atoms with Crippen molar-refractivity contribution < 1.29 is 9.18 Å². The lowest BCUT2D eigenvalue weighted by Gasteiger charge is -2.05. The third-order valence-corrected chi connectivity index (χ3v) is 2.18. The van der Waals surface area contributed by atoms with Crippen molar-refractivity contribution in [2.24, 2.45) is 0 Å². The number of aromatic nitrogens is 1. The molecule has 1 amide bonds. The standard InChI is InChI=1S/C11H12ClFN2O/c1-8-9(4-5-10(12)15-8)7-14-11(16)3-2-6-13/h2-5H,6-7H2,1H3,(H,14,16)/b3-2+. The van der Waals surface area contributed by atoms with Crippen molar-refractivity contribution in [3.8, 4) is 0 Å². The van der Waals surface area contributed by atoms with E-state index >= 15 is 0 Å². The van der Waals surface area contributed by atoms with Crippen LogP contribution in [0.2, 0.25) is 5.15 Å². The van der Waals surface area contributed by atoms with Crippen LogP contribution in [-0.2, 0) is 11.3 Å². The molecule has 0 aromatic carbocycles. The minimum atomic E-state index is -0.644. The molecule has 1 rings (SSSR count). The zero-order chi connectivity index (χ0) is 12.0. The summed E-state index contributed by atoms with van der Waals surface area (Å²) in [6, 6.07) is 3.46. The Morgan fingerprint density at radius 3 is 3.00 bits per heavy atom. The molecule has 5 heteroatoms. The molecule has 0 bridgehead atoms. The minimum absolute atomic E-state index is 0.327. The maximum Gasteiger partial charge on any atom is 0.244 e. The summed E-state index contributed by atoms with van der Waals surface area (Å²) in [5, 5.41) is 3.04. The molecule has 0 spiro atoms. The van der Waals surface area contributed by atoms with Crippen LogP contribution in [0, 0.1) is 6.92 Å². The second-order valence-corrected chi connectivity index (χ2v) is 3.54. The number of hydrogen-bond donors (Lipinski definition) is 1. The highest BCUT2D eigenvalue weighted by molar-refractivity contribution is 6.29. The number of carbonyl (C=O) groups is 1.